The summed E-state index contributed by atoms with van der Waals surface area (Å²) in [5.41, 5.74) is 0. The Morgan fingerprint density at radius 2 is 2.00 bits per heavy atom. The Balaban J connectivity index is 1.62. The predicted molar refractivity (Wildman–Crippen MR) is 66.8 cm³/mol. The maximum Gasteiger partial charge on any atom is 0.234 e. The van der Waals surface area contributed by atoms with Crippen LogP contribution in [0.5, 0.6) is 0 Å². The molecule has 1 aliphatic carbocycles. The lowest BCUT2D eigenvalue weighted by molar-refractivity contribution is -0.122. The van der Waals surface area contributed by atoms with Crippen molar-refractivity contribution in [1.82, 2.24) is 10.6 Å². The van der Waals surface area contributed by atoms with Crippen molar-refractivity contribution >= 4 is 5.91 Å². The van der Waals surface area contributed by atoms with Crippen molar-refractivity contribution in [2.75, 3.05) is 13.2 Å². The molecule has 0 aromatic heterocycles. The van der Waals surface area contributed by atoms with Crippen LogP contribution in [0.4, 0.5) is 0 Å². The van der Waals surface area contributed by atoms with E-state index in [1.165, 1.54) is 25.7 Å². The first kappa shape index (κ1) is 12.8. The van der Waals surface area contributed by atoms with E-state index < -0.39 is 0 Å². The molecular weight excluding hydrogens is 216 g/mol. The third kappa shape index (κ3) is 4.28. The number of carbonyl (C=O) groups is 1. The molecule has 1 amide bonds. The van der Waals surface area contributed by atoms with Crippen LogP contribution in [-0.2, 0) is 9.53 Å². The normalized spacial score (nSPS) is 30.4. The average molecular weight is 240 g/mol. The highest BCUT2D eigenvalue weighted by atomic mass is 16.5. The molecule has 2 atom stereocenters. The Bertz CT molecular complexity index is 252. The van der Waals surface area contributed by atoms with E-state index in [2.05, 4.69) is 17.6 Å². The molecule has 17 heavy (non-hydrogen) atoms. The Morgan fingerprint density at radius 3 is 2.71 bits per heavy atom. The fourth-order valence-electron chi connectivity index (χ4n) is 2.77. The second-order valence-corrected chi connectivity index (χ2v) is 5.33. The lowest BCUT2D eigenvalue weighted by Crippen LogP contribution is -2.45. The first-order chi connectivity index (χ1) is 8.24. The van der Waals surface area contributed by atoms with Crippen LogP contribution < -0.4 is 10.6 Å². The van der Waals surface area contributed by atoms with Crippen molar-refractivity contribution in [3.63, 3.8) is 0 Å². The molecule has 2 fully saturated rings. The van der Waals surface area contributed by atoms with Gasteiger partial charge in [0.1, 0.15) is 0 Å². The van der Waals surface area contributed by atoms with E-state index in [1.807, 2.05) is 0 Å². The molecule has 1 saturated carbocycles. The van der Waals surface area contributed by atoms with Crippen molar-refractivity contribution < 1.29 is 9.53 Å². The van der Waals surface area contributed by atoms with Crippen LogP contribution >= 0.6 is 0 Å². The van der Waals surface area contributed by atoms with Crippen LogP contribution in [0.25, 0.3) is 0 Å². The highest BCUT2D eigenvalue weighted by Crippen LogP contribution is 2.17. The molecule has 0 spiro atoms. The highest BCUT2D eigenvalue weighted by molar-refractivity contribution is 5.78. The standard InChI is InChI=1S/C13H24N2O2/c1-10-8-12(6-7-17-10)15-13(16)9-14-11-4-2-3-5-11/h10-12,14H,2-9H2,1H3,(H,15,16). The summed E-state index contributed by atoms with van der Waals surface area (Å²) in [5, 5.41) is 6.43. The molecule has 1 saturated heterocycles. The molecule has 2 unspecified atom stereocenters. The van der Waals surface area contributed by atoms with Gasteiger partial charge in [-0.05, 0) is 32.6 Å². The maximum atomic E-state index is 11.8. The largest absolute Gasteiger partial charge is 0.378 e. The molecule has 1 aliphatic heterocycles. The van der Waals surface area contributed by atoms with Crippen LogP contribution in [0.15, 0.2) is 0 Å². The number of rotatable bonds is 4. The molecule has 98 valence electrons. The molecule has 0 radical (unpaired) electrons. The van der Waals surface area contributed by atoms with E-state index in [1.54, 1.807) is 0 Å². The predicted octanol–water partition coefficient (Wildman–Crippen LogP) is 1.20. The fraction of sp³-hybridized carbons (Fsp3) is 0.923. The van der Waals surface area contributed by atoms with Crippen LogP contribution in [0.3, 0.4) is 0 Å². The molecule has 2 aliphatic rings. The van der Waals surface area contributed by atoms with Gasteiger partial charge in [-0.3, -0.25) is 4.79 Å². The Kier molecular flexibility index (Phi) is 4.80. The van der Waals surface area contributed by atoms with Gasteiger partial charge in [-0.2, -0.15) is 0 Å². The van der Waals surface area contributed by atoms with E-state index in [-0.39, 0.29) is 12.0 Å². The van der Waals surface area contributed by atoms with Gasteiger partial charge in [-0.15, -0.1) is 0 Å². The summed E-state index contributed by atoms with van der Waals surface area (Å²) in [7, 11) is 0. The van der Waals surface area contributed by atoms with Crippen LogP contribution in [0, 0.1) is 0 Å². The van der Waals surface area contributed by atoms with E-state index in [4.69, 9.17) is 4.74 Å². The minimum absolute atomic E-state index is 0.135. The Morgan fingerprint density at radius 1 is 1.24 bits per heavy atom. The van der Waals surface area contributed by atoms with Gasteiger partial charge >= 0.3 is 0 Å². The van der Waals surface area contributed by atoms with Gasteiger partial charge < -0.3 is 15.4 Å². The highest BCUT2D eigenvalue weighted by Gasteiger charge is 2.21. The van der Waals surface area contributed by atoms with Crippen LogP contribution in [0.1, 0.15) is 45.4 Å². The molecule has 4 heteroatoms. The third-order valence-electron chi connectivity index (χ3n) is 3.76. The van der Waals surface area contributed by atoms with Crippen molar-refractivity contribution in [3.8, 4) is 0 Å². The van der Waals surface area contributed by atoms with Gasteiger partial charge in [-0.25, -0.2) is 0 Å². The van der Waals surface area contributed by atoms with Crippen LogP contribution in [0.2, 0.25) is 0 Å². The zero-order valence-electron chi connectivity index (χ0n) is 10.7. The summed E-state index contributed by atoms with van der Waals surface area (Å²) >= 11 is 0. The number of hydrogen-bond donors (Lipinski definition) is 2. The van der Waals surface area contributed by atoms with E-state index in [9.17, 15) is 4.79 Å². The number of hydrogen-bond acceptors (Lipinski definition) is 3. The number of ether oxygens (including phenoxy) is 1. The molecule has 2 N–H and O–H groups in total. The van der Waals surface area contributed by atoms with Gasteiger partial charge in [0.25, 0.3) is 0 Å². The summed E-state index contributed by atoms with van der Waals surface area (Å²) in [6.45, 7) is 3.30. The zero-order chi connectivity index (χ0) is 12.1. The van der Waals surface area contributed by atoms with E-state index in [0.717, 1.165) is 19.4 Å². The van der Waals surface area contributed by atoms with Crippen molar-refractivity contribution in [2.24, 2.45) is 0 Å². The lowest BCUT2D eigenvalue weighted by Gasteiger charge is -2.28. The van der Waals surface area contributed by atoms with E-state index >= 15 is 0 Å². The summed E-state index contributed by atoms with van der Waals surface area (Å²) in [4.78, 5) is 11.8. The van der Waals surface area contributed by atoms with Gasteiger partial charge in [0, 0.05) is 18.7 Å². The smallest absolute Gasteiger partial charge is 0.234 e. The van der Waals surface area contributed by atoms with Gasteiger partial charge in [0.15, 0.2) is 0 Å². The lowest BCUT2D eigenvalue weighted by atomic mass is 10.0. The Labute approximate surface area is 103 Å². The topological polar surface area (TPSA) is 50.4 Å². The number of amides is 1. The first-order valence-electron chi connectivity index (χ1n) is 6.88. The molecule has 0 bridgehead atoms. The summed E-state index contributed by atoms with van der Waals surface area (Å²) in [5.74, 6) is 0.135. The van der Waals surface area contributed by atoms with Crippen molar-refractivity contribution in [3.05, 3.63) is 0 Å². The van der Waals surface area contributed by atoms with Crippen LogP contribution in [-0.4, -0.2) is 37.2 Å². The SMILES string of the molecule is CC1CC(NC(=O)CNC2CCCC2)CCO1. The third-order valence-corrected chi connectivity index (χ3v) is 3.76. The second-order valence-electron chi connectivity index (χ2n) is 5.33. The molecule has 0 aromatic rings. The number of carbonyl (C=O) groups excluding carboxylic acids is 1. The molecule has 1 heterocycles. The summed E-state index contributed by atoms with van der Waals surface area (Å²) in [6, 6.07) is 0.867. The Hall–Kier alpha value is -0.610. The minimum Gasteiger partial charge on any atom is -0.378 e. The average Bonchev–Trinajstić information content (AvgIpc) is 2.79. The van der Waals surface area contributed by atoms with Crippen molar-refractivity contribution in [2.45, 2.75) is 63.6 Å². The molecule has 4 nitrogen and oxygen atoms in total. The second kappa shape index (κ2) is 6.36. The molecule has 2 rings (SSSR count). The zero-order valence-corrected chi connectivity index (χ0v) is 10.7. The fourth-order valence-corrected chi connectivity index (χ4v) is 2.77. The van der Waals surface area contributed by atoms with E-state index in [0.29, 0.717) is 18.6 Å². The van der Waals surface area contributed by atoms with Gasteiger partial charge in [0.2, 0.25) is 5.91 Å². The summed E-state index contributed by atoms with van der Waals surface area (Å²) < 4.78 is 5.46. The molecular formula is C13H24N2O2. The number of nitrogens with one attached hydrogen (secondary N) is 2. The first-order valence-corrected chi connectivity index (χ1v) is 6.88. The van der Waals surface area contributed by atoms with Gasteiger partial charge in [0.05, 0.1) is 12.6 Å². The monoisotopic (exact) mass is 240 g/mol. The minimum atomic E-state index is 0.135. The quantitative estimate of drug-likeness (QED) is 0.776. The summed E-state index contributed by atoms with van der Waals surface area (Å²) in [6.07, 6.45) is 7.21. The van der Waals surface area contributed by atoms with Crippen molar-refractivity contribution in [1.29, 1.82) is 0 Å². The maximum absolute atomic E-state index is 11.8. The molecule has 0 aromatic carbocycles. The van der Waals surface area contributed by atoms with Gasteiger partial charge in [-0.1, -0.05) is 12.8 Å².